The fourth-order valence-corrected chi connectivity index (χ4v) is 9.92. The number of aliphatic carboxylic acids is 2. The van der Waals surface area contributed by atoms with Gasteiger partial charge in [0.25, 0.3) is 0 Å². The van der Waals surface area contributed by atoms with E-state index in [-0.39, 0.29) is 32.3 Å². The van der Waals surface area contributed by atoms with E-state index in [1.165, 1.54) is 7.11 Å². The molecule has 12 nitrogen and oxygen atoms in total. The van der Waals surface area contributed by atoms with E-state index in [0.717, 1.165) is 27.8 Å². The van der Waals surface area contributed by atoms with Crippen molar-refractivity contribution in [1.29, 1.82) is 0 Å². The highest BCUT2D eigenvalue weighted by Crippen LogP contribution is 2.54. The normalized spacial score (nSPS) is 23.4. The van der Waals surface area contributed by atoms with E-state index in [2.05, 4.69) is 0 Å². The van der Waals surface area contributed by atoms with Gasteiger partial charge in [0, 0.05) is 44.1 Å². The Morgan fingerprint density at radius 1 is 0.702 bits per heavy atom. The first-order valence-electron chi connectivity index (χ1n) is 19.7. The third-order valence-electron chi connectivity index (χ3n) is 13.0. The van der Waals surface area contributed by atoms with Gasteiger partial charge in [-0.05, 0) is 64.7 Å². The lowest BCUT2D eigenvalue weighted by molar-refractivity contribution is -0.956. The number of carboxylic acid groups (broad SMARTS) is 2. The number of hydrogen-bond acceptors (Lipinski definition) is 8. The van der Waals surface area contributed by atoms with Crippen molar-refractivity contribution in [2.24, 2.45) is 0 Å². The second-order valence-electron chi connectivity index (χ2n) is 16.0. The van der Waals surface area contributed by atoms with Crippen molar-refractivity contribution in [2.75, 3.05) is 48.5 Å². The molecule has 0 aliphatic carbocycles. The summed E-state index contributed by atoms with van der Waals surface area (Å²) in [6.45, 7) is 4.93. The first-order chi connectivity index (χ1) is 27.3. The average Bonchev–Trinajstić information content (AvgIpc) is 3.18. The lowest BCUT2D eigenvalue weighted by atomic mass is 9.83. The highest BCUT2D eigenvalue weighted by Gasteiger charge is 2.50. The molecule has 6 bridgehead atoms. The van der Waals surface area contributed by atoms with Gasteiger partial charge in [-0.15, -0.1) is 0 Å². The molecule has 0 saturated carbocycles. The van der Waals surface area contributed by atoms with E-state index in [1.54, 1.807) is 14.2 Å². The largest absolute Gasteiger partial charge is 0.502 e. The molecule has 0 aromatic heterocycles. The van der Waals surface area contributed by atoms with Crippen molar-refractivity contribution in [1.82, 2.24) is 0 Å². The van der Waals surface area contributed by atoms with Crippen molar-refractivity contribution >= 4 is 11.9 Å². The highest BCUT2D eigenvalue weighted by atomic mass is 16.5. The lowest BCUT2D eigenvalue weighted by Gasteiger charge is -2.49. The van der Waals surface area contributed by atoms with E-state index in [4.69, 9.17) is 23.7 Å². The number of carbonyl (C=O) groups is 2. The number of phenolic OH excluding ortho intramolecular Hbond substituents is 1. The van der Waals surface area contributed by atoms with Crippen molar-refractivity contribution in [3.63, 3.8) is 0 Å². The number of rotatable bonds is 9. The molecule has 302 valence electrons. The Morgan fingerprint density at radius 3 is 1.84 bits per heavy atom. The van der Waals surface area contributed by atoms with Gasteiger partial charge in [-0.25, -0.2) is 9.59 Å². The summed E-state index contributed by atoms with van der Waals surface area (Å²) in [6.07, 6.45) is 2.88. The fourth-order valence-electron chi connectivity index (χ4n) is 9.92. The molecule has 12 heteroatoms. The molecular weight excluding hydrogens is 728 g/mol. The van der Waals surface area contributed by atoms with Crippen LogP contribution in [0.1, 0.15) is 72.2 Å². The maximum atomic E-state index is 13.0. The molecule has 0 saturated heterocycles. The number of benzene rings is 4. The smallest absolute Gasteiger partial charge is 0.362 e. The van der Waals surface area contributed by atoms with Gasteiger partial charge < -0.3 is 48.0 Å². The number of hydrogen-bond donors (Lipinski definition) is 3. The summed E-state index contributed by atoms with van der Waals surface area (Å²) in [6, 6.07) is 17.1. The van der Waals surface area contributed by atoms with Gasteiger partial charge in [-0.2, -0.15) is 0 Å². The van der Waals surface area contributed by atoms with Gasteiger partial charge in [-0.1, -0.05) is 32.0 Å². The molecular formula is C45H54N2O10+2. The van der Waals surface area contributed by atoms with Crippen LogP contribution in [0.2, 0.25) is 0 Å². The third-order valence-corrected chi connectivity index (χ3v) is 13.0. The second-order valence-corrected chi connectivity index (χ2v) is 16.0. The van der Waals surface area contributed by atoms with Crippen LogP contribution in [0.4, 0.5) is 0 Å². The highest BCUT2D eigenvalue weighted by molar-refractivity contribution is 5.73. The molecule has 4 heterocycles. The van der Waals surface area contributed by atoms with Crippen LogP contribution in [0.5, 0.6) is 46.0 Å². The summed E-state index contributed by atoms with van der Waals surface area (Å²) in [4.78, 5) is 25.9. The van der Waals surface area contributed by atoms with E-state index in [0.29, 0.717) is 85.9 Å². The van der Waals surface area contributed by atoms with Crippen LogP contribution >= 0.6 is 0 Å². The molecule has 8 rings (SSSR count). The Morgan fingerprint density at radius 2 is 1.25 bits per heavy atom. The van der Waals surface area contributed by atoms with E-state index in [1.807, 2.05) is 88.6 Å². The summed E-state index contributed by atoms with van der Waals surface area (Å²) in [5.41, 5.74) is 5.42. The van der Waals surface area contributed by atoms with E-state index in [9.17, 15) is 24.9 Å². The van der Waals surface area contributed by atoms with Gasteiger partial charge in [0.05, 0.1) is 54.1 Å². The molecule has 4 aromatic rings. The van der Waals surface area contributed by atoms with Crippen molar-refractivity contribution in [3.8, 4) is 46.0 Å². The van der Waals surface area contributed by atoms with Gasteiger partial charge in [-0.3, -0.25) is 0 Å². The van der Waals surface area contributed by atoms with Gasteiger partial charge in [0.15, 0.2) is 46.6 Å². The van der Waals surface area contributed by atoms with Crippen LogP contribution in [0.3, 0.4) is 0 Å². The van der Waals surface area contributed by atoms with Crippen LogP contribution in [-0.2, 0) is 35.3 Å². The quantitative estimate of drug-likeness (QED) is 0.145. The maximum absolute atomic E-state index is 13.0. The molecule has 0 fully saturated rings. The first-order valence-corrected chi connectivity index (χ1v) is 19.7. The first kappa shape index (κ1) is 39.8. The predicted octanol–water partition coefficient (Wildman–Crippen LogP) is 7.62. The Labute approximate surface area is 333 Å². The molecule has 4 aliphatic heterocycles. The molecule has 0 amide bonds. The molecule has 6 atom stereocenters. The topological polar surface area (TPSA) is 141 Å². The summed E-state index contributed by atoms with van der Waals surface area (Å²) in [7, 11) is 8.67. The number of nitrogens with zero attached hydrogens (tertiary/aromatic N) is 2. The lowest BCUT2D eigenvalue weighted by Crippen LogP contribution is -2.60. The van der Waals surface area contributed by atoms with Crippen LogP contribution in [-0.4, -0.2) is 96.8 Å². The van der Waals surface area contributed by atoms with Crippen LogP contribution < -0.4 is 23.7 Å². The van der Waals surface area contributed by atoms with Gasteiger partial charge >= 0.3 is 11.9 Å². The van der Waals surface area contributed by atoms with Crippen LogP contribution in [0.25, 0.3) is 0 Å². The standard InChI is InChI=1S/C45H52N2O10/c1-8-32(44(49)50)46(3)18-16-28-23-37(54-6)39-25-31(28)34(46)20-26-10-13-30(14-11-26)56-38-22-27(12-15-36(38)53-5)21-35-41-29(24-40(55-7)42(48)43(41)57-39)17-19-47(35,4)33(9-2)45(51)52/h10-15,22-25,32-35H,8-9,16-21H2,1-7H3,(H-2,48,49,50,51,52)/p+2. The van der Waals surface area contributed by atoms with Gasteiger partial charge in [0.1, 0.15) is 17.8 Å². The number of carboxylic acids is 2. The number of methoxy groups -OCH3 is 3. The summed E-state index contributed by atoms with van der Waals surface area (Å²) in [5.74, 6) is 0.899. The monoisotopic (exact) mass is 782 g/mol. The number of ether oxygens (including phenoxy) is 5. The summed E-state index contributed by atoms with van der Waals surface area (Å²) in [5, 5.41) is 33.3. The maximum Gasteiger partial charge on any atom is 0.362 e. The predicted molar refractivity (Wildman–Crippen MR) is 213 cm³/mol. The molecule has 4 aliphatic rings. The summed E-state index contributed by atoms with van der Waals surface area (Å²) >= 11 is 0. The Bertz CT molecular complexity index is 2190. The average molecular weight is 783 g/mol. The Kier molecular flexibility index (Phi) is 10.8. The Balaban J connectivity index is 1.53. The molecule has 0 spiro atoms. The molecule has 6 unspecified atom stereocenters. The zero-order valence-electron chi connectivity index (χ0n) is 33.8. The minimum Gasteiger partial charge on any atom is -0.502 e. The minimum absolute atomic E-state index is 0.150. The van der Waals surface area contributed by atoms with Crippen LogP contribution in [0, 0.1) is 0 Å². The fraction of sp³-hybridized carbons (Fsp3) is 0.422. The van der Waals surface area contributed by atoms with E-state index < -0.39 is 30.1 Å². The zero-order chi connectivity index (χ0) is 40.8. The number of aromatic hydroxyl groups is 1. The number of phenols is 1. The molecule has 0 radical (unpaired) electrons. The SMILES string of the molecule is CCC(C(=O)O)[N+]1(C)CCc2cc(OC)c3cc2C1Cc1ccc(cc1)Oc1cc(ccc1OC)CC1c2c(cc(OC)c(O)c2O3)CC[N+]1(C)C(CC)C(=O)O. The summed E-state index contributed by atoms with van der Waals surface area (Å²) < 4.78 is 31.3. The third kappa shape index (κ3) is 6.88. The zero-order valence-corrected chi connectivity index (χ0v) is 33.8. The van der Waals surface area contributed by atoms with Gasteiger partial charge in [0.2, 0.25) is 5.75 Å². The van der Waals surface area contributed by atoms with Crippen molar-refractivity contribution in [3.05, 3.63) is 94.0 Å². The number of quaternary nitrogens is 2. The molecule has 57 heavy (non-hydrogen) atoms. The van der Waals surface area contributed by atoms with Crippen LogP contribution in [0.15, 0.2) is 60.7 Å². The molecule has 4 aromatic carbocycles. The van der Waals surface area contributed by atoms with E-state index >= 15 is 0 Å². The van der Waals surface area contributed by atoms with Crippen molar-refractivity contribution < 1.29 is 57.6 Å². The molecule has 3 N–H and O–H groups in total. The number of likely N-dealkylation sites (N-methyl/N-ethyl adjacent to an activating group) is 2. The minimum atomic E-state index is -0.902. The number of fused-ring (bicyclic) bond motifs is 2. The van der Waals surface area contributed by atoms with Crippen molar-refractivity contribution in [2.45, 2.75) is 76.5 Å². The Hall–Kier alpha value is -5.46. The second kappa shape index (κ2) is 15.5.